The van der Waals surface area contributed by atoms with Crippen LogP contribution in [0.15, 0.2) is 6.20 Å². The van der Waals surface area contributed by atoms with E-state index in [9.17, 15) is 12.3 Å². The Morgan fingerprint density at radius 2 is 2.31 bits per heavy atom. The van der Waals surface area contributed by atoms with Crippen molar-refractivity contribution in [2.24, 2.45) is 7.05 Å². The average molecular weight is 208 g/mol. The minimum atomic E-state index is -4.64. The lowest BCUT2D eigenvalue weighted by atomic mass is 10.5. The maximum Gasteiger partial charge on any atom is 0.374 e. The van der Waals surface area contributed by atoms with Gasteiger partial charge in [0.2, 0.25) is 0 Å². The number of hydrogen-bond donors (Lipinski definition) is 0. The predicted molar refractivity (Wildman–Crippen MR) is 42.5 cm³/mol. The lowest BCUT2D eigenvalue weighted by Gasteiger charge is -2.07. The van der Waals surface area contributed by atoms with Crippen molar-refractivity contribution in [1.82, 2.24) is 19.3 Å². The number of hydrogen-bond acceptors (Lipinski definition) is 4. The second-order valence-electron chi connectivity index (χ2n) is 2.58. The second kappa shape index (κ2) is 3.38. The number of nitrogens with zero attached hydrogens (tertiary/aromatic N) is 4. The number of aromatic nitrogens is 3. The van der Waals surface area contributed by atoms with E-state index in [2.05, 4.69) is 10.3 Å². The number of halogens is 1. The largest absolute Gasteiger partial charge is 0.374 e. The summed E-state index contributed by atoms with van der Waals surface area (Å²) in [6, 6.07) is 0. The Bertz CT molecular complexity index is 387. The van der Waals surface area contributed by atoms with Crippen molar-refractivity contribution in [1.29, 1.82) is 0 Å². The van der Waals surface area contributed by atoms with Crippen LogP contribution in [0.1, 0.15) is 5.69 Å². The molecule has 0 saturated carbocycles. The fraction of sp³-hybridized carbons (Fsp3) is 0.600. The Balaban J connectivity index is 2.71. The van der Waals surface area contributed by atoms with Crippen molar-refractivity contribution in [3.8, 4) is 0 Å². The number of aryl methyl sites for hydroxylation is 1. The topological polar surface area (TPSA) is 68.1 Å². The summed E-state index contributed by atoms with van der Waals surface area (Å²) in [5, 5.41) is 7.18. The van der Waals surface area contributed by atoms with Crippen LogP contribution >= 0.6 is 0 Å². The van der Waals surface area contributed by atoms with Gasteiger partial charge in [-0.1, -0.05) is 9.10 Å². The summed E-state index contributed by atoms with van der Waals surface area (Å²) in [5.74, 6) is 0. The molecule has 0 spiro atoms. The first kappa shape index (κ1) is 10.1. The molecule has 0 aliphatic rings. The van der Waals surface area contributed by atoms with E-state index in [1.165, 1.54) is 10.9 Å². The van der Waals surface area contributed by atoms with Gasteiger partial charge in [0.25, 0.3) is 0 Å². The van der Waals surface area contributed by atoms with Gasteiger partial charge in [-0.3, -0.25) is 4.68 Å². The average Bonchev–Trinajstić information content (AvgIpc) is 2.33. The molecular formula is C5H9FN4O2S. The molecule has 0 amide bonds. The molecule has 0 aliphatic carbocycles. The maximum absolute atomic E-state index is 12.3. The highest BCUT2D eigenvalue weighted by Gasteiger charge is 2.16. The molecule has 0 radical (unpaired) electrons. The molecule has 8 heteroatoms. The summed E-state index contributed by atoms with van der Waals surface area (Å²) in [6.07, 6.45) is 1.52. The third kappa shape index (κ3) is 2.74. The van der Waals surface area contributed by atoms with E-state index in [4.69, 9.17) is 0 Å². The lowest BCUT2D eigenvalue weighted by molar-refractivity contribution is 0.425. The molecule has 0 unspecified atom stereocenters. The zero-order valence-corrected chi connectivity index (χ0v) is 7.99. The third-order valence-electron chi connectivity index (χ3n) is 1.41. The summed E-state index contributed by atoms with van der Waals surface area (Å²) in [7, 11) is -1.87. The smallest absolute Gasteiger partial charge is 0.255 e. The molecule has 13 heavy (non-hydrogen) atoms. The molecule has 0 saturated heterocycles. The second-order valence-corrected chi connectivity index (χ2v) is 4.03. The summed E-state index contributed by atoms with van der Waals surface area (Å²) in [5.41, 5.74) is 0.395. The van der Waals surface area contributed by atoms with Gasteiger partial charge >= 0.3 is 10.4 Å². The van der Waals surface area contributed by atoms with Crippen molar-refractivity contribution < 1.29 is 12.3 Å². The highest BCUT2D eigenvalue weighted by atomic mass is 32.3. The van der Waals surface area contributed by atoms with Crippen LogP contribution < -0.4 is 0 Å². The highest BCUT2D eigenvalue weighted by molar-refractivity contribution is 7.83. The minimum Gasteiger partial charge on any atom is -0.255 e. The molecule has 74 valence electrons. The van der Waals surface area contributed by atoms with Crippen molar-refractivity contribution in [3.63, 3.8) is 0 Å². The van der Waals surface area contributed by atoms with Gasteiger partial charge in [-0.2, -0.15) is 12.7 Å². The molecule has 0 bridgehead atoms. The first-order valence-electron chi connectivity index (χ1n) is 3.40. The van der Waals surface area contributed by atoms with E-state index in [0.29, 0.717) is 10.00 Å². The van der Waals surface area contributed by atoms with E-state index in [0.717, 1.165) is 7.05 Å². The maximum atomic E-state index is 12.3. The summed E-state index contributed by atoms with van der Waals surface area (Å²) >= 11 is 0. The van der Waals surface area contributed by atoms with E-state index in [1.807, 2.05) is 0 Å². The van der Waals surface area contributed by atoms with Crippen molar-refractivity contribution >= 4 is 10.4 Å². The van der Waals surface area contributed by atoms with Crippen LogP contribution in [0.4, 0.5) is 3.89 Å². The third-order valence-corrected chi connectivity index (χ3v) is 2.28. The van der Waals surface area contributed by atoms with Crippen LogP contribution in [-0.2, 0) is 24.0 Å². The van der Waals surface area contributed by atoms with Gasteiger partial charge in [-0.05, 0) is 0 Å². The minimum absolute atomic E-state index is 0.118. The molecule has 0 aromatic carbocycles. The Morgan fingerprint density at radius 3 is 2.69 bits per heavy atom. The fourth-order valence-electron chi connectivity index (χ4n) is 0.773. The Labute approximate surface area is 75.3 Å². The van der Waals surface area contributed by atoms with Crippen LogP contribution in [-0.4, -0.2) is 34.8 Å². The van der Waals surface area contributed by atoms with E-state index in [-0.39, 0.29) is 6.54 Å². The van der Waals surface area contributed by atoms with Gasteiger partial charge < -0.3 is 0 Å². The molecule has 1 aromatic heterocycles. The zero-order chi connectivity index (χ0) is 10.1. The van der Waals surface area contributed by atoms with Crippen molar-refractivity contribution in [3.05, 3.63) is 11.9 Å². The Hall–Kier alpha value is -1.02. The molecule has 0 aliphatic heterocycles. The van der Waals surface area contributed by atoms with Crippen LogP contribution in [0, 0.1) is 0 Å². The summed E-state index contributed by atoms with van der Waals surface area (Å²) < 4.78 is 35.0. The van der Waals surface area contributed by atoms with Gasteiger partial charge in [0, 0.05) is 20.3 Å². The highest BCUT2D eigenvalue weighted by Crippen LogP contribution is 2.04. The van der Waals surface area contributed by atoms with Gasteiger partial charge in [0.15, 0.2) is 0 Å². The van der Waals surface area contributed by atoms with Gasteiger partial charge in [0.1, 0.15) is 0 Å². The molecule has 1 aromatic rings. The van der Waals surface area contributed by atoms with Crippen LogP contribution in [0.5, 0.6) is 0 Å². The molecule has 1 heterocycles. The van der Waals surface area contributed by atoms with Crippen molar-refractivity contribution in [2.45, 2.75) is 6.54 Å². The van der Waals surface area contributed by atoms with Gasteiger partial charge in [0.05, 0.1) is 12.2 Å². The normalized spacial score (nSPS) is 12.3. The zero-order valence-electron chi connectivity index (χ0n) is 7.18. The molecule has 0 fully saturated rings. The molecule has 1 rings (SSSR count). The SMILES string of the molecule is CN(Cc1cn(C)nn1)S(=O)(=O)F. The van der Waals surface area contributed by atoms with Crippen LogP contribution in [0.2, 0.25) is 0 Å². The first-order chi connectivity index (χ1) is 5.89. The molecular weight excluding hydrogens is 199 g/mol. The van der Waals surface area contributed by atoms with Gasteiger partial charge in [-0.25, -0.2) is 0 Å². The number of rotatable bonds is 3. The summed E-state index contributed by atoms with van der Waals surface area (Å²) in [6.45, 7) is -0.118. The molecule has 6 nitrogen and oxygen atoms in total. The Morgan fingerprint density at radius 1 is 1.69 bits per heavy atom. The van der Waals surface area contributed by atoms with Gasteiger partial charge in [-0.15, -0.1) is 5.10 Å². The van der Waals surface area contributed by atoms with E-state index < -0.39 is 10.4 Å². The molecule has 0 atom stereocenters. The fourth-order valence-corrected chi connectivity index (χ4v) is 1.06. The van der Waals surface area contributed by atoms with Crippen molar-refractivity contribution in [2.75, 3.05) is 7.05 Å². The lowest BCUT2D eigenvalue weighted by Crippen LogP contribution is -2.22. The quantitative estimate of drug-likeness (QED) is 0.626. The van der Waals surface area contributed by atoms with Crippen LogP contribution in [0.25, 0.3) is 0 Å². The first-order valence-corrected chi connectivity index (χ1v) is 4.75. The van der Waals surface area contributed by atoms with E-state index in [1.54, 1.807) is 7.05 Å². The molecule has 0 N–H and O–H groups in total. The summed E-state index contributed by atoms with van der Waals surface area (Å²) in [4.78, 5) is 0. The van der Waals surface area contributed by atoms with E-state index >= 15 is 0 Å². The Kier molecular flexibility index (Phi) is 2.62. The standard InChI is InChI=1S/C5H9FN4O2S/c1-9-3-5(7-8-9)4-10(2)13(6,11)12/h3H,4H2,1-2H3. The van der Waals surface area contributed by atoms with Crippen LogP contribution in [0.3, 0.4) is 0 Å². The monoisotopic (exact) mass is 208 g/mol. The predicted octanol–water partition coefficient (Wildman–Crippen LogP) is -0.539.